The molecule has 6 heteroatoms. The number of furan rings is 1. The SMILES string of the molecule is O=C(NC(c1ccccc1)c1ccco1)c1cnc(Cl)c(Cl)c1. The second-order valence-corrected chi connectivity index (χ2v) is 5.59. The van der Waals surface area contributed by atoms with Gasteiger partial charge in [0.1, 0.15) is 17.0 Å². The van der Waals surface area contributed by atoms with Crippen molar-refractivity contribution in [1.82, 2.24) is 10.3 Å². The van der Waals surface area contributed by atoms with E-state index in [1.165, 1.54) is 12.3 Å². The smallest absolute Gasteiger partial charge is 0.253 e. The monoisotopic (exact) mass is 346 g/mol. The van der Waals surface area contributed by atoms with E-state index in [2.05, 4.69) is 10.3 Å². The highest BCUT2D eigenvalue weighted by molar-refractivity contribution is 6.41. The van der Waals surface area contributed by atoms with Crippen LogP contribution in [-0.4, -0.2) is 10.9 Å². The molecular weight excluding hydrogens is 335 g/mol. The third-order valence-corrected chi connectivity index (χ3v) is 3.98. The van der Waals surface area contributed by atoms with Crippen molar-refractivity contribution in [2.45, 2.75) is 6.04 Å². The third kappa shape index (κ3) is 3.55. The van der Waals surface area contributed by atoms with Crippen molar-refractivity contribution in [3.8, 4) is 0 Å². The van der Waals surface area contributed by atoms with Crippen LogP contribution in [-0.2, 0) is 0 Å². The lowest BCUT2D eigenvalue weighted by Crippen LogP contribution is -2.29. The molecule has 0 spiro atoms. The maximum Gasteiger partial charge on any atom is 0.253 e. The summed E-state index contributed by atoms with van der Waals surface area (Å²) < 4.78 is 5.45. The summed E-state index contributed by atoms with van der Waals surface area (Å²) in [4.78, 5) is 16.4. The minimum absolute atomic E-state index is 0.161. The van der Waals surface area contributed by atoms with Crippen molar-refractivity contribution >= 4 is 29.1 Å². The molecule has 4 nitrogen and oxygen atoms in total. The number of carbonyl (C=O) groups excluding carboxylic acids is 1. The Morgan fingerprint density at radius 3 is 2.57 bits per heavy atom. The molecule has 1 unspecified atom stereocenters. The van der Waals surface area contributed by atoms with Gasteiger partial charge in [-0.25, -0.2) is 4.98 Å². The molecule has 3 aromatic rings. The first-order valence-corrected chi connectivity index (χ1v) is 7.61. The molecule has 0 bridgehead atoms. The van der Waals surface area contributed by atoms with Crippen LogP contribution >= 0.6 is 23.2 Å². The lowest BCUT2D eigenvalue weighted by Gasteiger charge is -2.17. The zero-order chi connectivity index (χ0) is 16.2. The van der Waals surface area contributed by atoms with E-state index in [1.807, 2.05) is 36.4 Å². The van der Waals surface area contributed by atoms with Crippen LogP contribution in [0, 0.1) is 0 Å². The number of carbonyl (C=O) groups is 1. The Bertz CT molecular complexity index is 805. The first-order valence-electron chi connectivity index (χ1n) is 6.85. The first kappa shape index (κ1) is 15.6. The molecule has 23 heavy (non-hydrogen) atoms. The molecule has 1 N–H and O–H groups in total. The van der Waals surface area contributed by atoms with Gasteiger partial charge in [-0.2, -0.15) is 0 Å². The number of amides is 1. The molecule has 0 saturated heterocycles. The second kappa shape index (κ2) is 6.86. The van der Waals surface area contributed by atoms with E-state index in [9.17, 15) is 4.79 Å². The number of nitrogens with one attached hydrogen (secondary N) is 1. The number of aromatic nitrogens is 1. The highest BCUT2D eigenvalue weighted by Crippen LogP contribution is 2.24. The van der Waals surface area contributed by atoms with Gasteiger partial charge in [-0.1, -0.05) is 53.5 Å². The van der Waals surface area contributed by atoms with Crippen molar-refractivity contribution in [2.75, 3.05) is 0 Å². The number of benzene rings is 1. The maximum absolute atomic E-state index is 12.5. The van der Waals surface area contributed by atoms with Crippen molar-refractivity contribution in [2.24, 2.45) is 0 Å². The van der Waals surface area contributed by atoms with E-state index >= 15 is 0 Å². The predicted molar refractivity (Wildman–Crippen MR) is 88.7 cm³/mol. The van der Waals surface area contributed by atoms with Crippen molar-refractivity contribution < 1.29 is 9.21 Å². The van der Waals surface area contributed by atoms with Gasteiger partial charge in [0.2, 0.25) is 0 Å². The van der Waals surface area contributed by atoms with Crippen molar-refractivity contribution in [3.63, 3.8) is 0 Å². The van der Waals surface area contributed by atoms with Crippen LogP contribution in [0.15, 0.2) is 65.4 Å². The molecule has 1 atom stereocenters. The summed E-state index contributed by atoms with van der Waals surface area (Å²) in [6.07, 6.45) is 2.95. The Labute approximate surface area is 143 Å². The molecule has 3 rings (SSSR count). The van der Waals surface area contributed by atoms with Crippen LogP contribution in [0.5, 0.6) is 0 Å². The van der Waals surface area contributed by atoms with Gasteiger partial charge in [-0.3, -0.25) is 4.79 Å². The molecule has 2 aromatic heterocycles. The Hall–Kier alpha value is -2.30. The number of pyridine rings is 1. The van der Waals surface area contributed by atoms with Gasteiger partial charge in [0.15, 0.2) is 0 Å². The summed E-state index contributed by atoms with van der Waals surface area (Å²) in [5.74, 6) is 0.318. The predicted octanol–water partition coefficient (Wildman–Crippen LogP) is 4.50. The topological polar surface area (TPSA) is 55.1 Å². The Morgan fingerprint density at radius 1 is 1.13 bits per heavy atom. The molecule has 2 heterocycles. The fourth-order valence-electron chi connectivity index (χ4n) is 2.18. The van der Waals surface area contributed by atoms with Crippen LogP contribution in [0.4, 0.5) is 0 Å². The summed E-state index contributed by atoms with van der Waals surface area (Å²) in [6, 6.07) is 14.2. The van der Waals surface area contributed by atoms with E-state index in [0.29, 0.717) is 11.3 Å². The molecule has 1 aromatic carbocycles. The molecule has 116 valence electrons. The average molecular weight is 347 g/mol. The average Bonchev–Trinajstić information content (AvgIpc) is 3.10. The van der Waals surface area contributed by atoms with Gasteiger partial charge in [-0.05, 0) is 23.8 Å². The highest BCUT2D eigenvalue weighted by Gasteiger charge is 2.20. The molecule has 0 fully saturated rings. The Balaban J connectivity index is 1.89. The van der Waals surface area contributed by atoms with Crippen LogP contribution in [0.2, 0.25) is 10.2 Å². The summed E-state index contributed by atoms with van der Waals surface area (Å²) in [7, 11) is 0. The summed E-state index contributed by atoms with van der Waals surface area (Å²) >= 11 is 11.7. The van der Waals surface area contributed by atoms with Crippen molar-refractivity contribution in [1.29, 1.82) is 0 Å². The lowest BCUT2D eigenvalue weighted by atomic mass is 10.0. The zero-order valence-corrected chi connectivity index (χ0v) is 13.4. The Kier molecular flexibility index (Phi) is 4.65. The summed E-state index contributed by atoms with van der Waals surface area (Å²) in [5, 5.41) is 3.32. The van der Waals surface area contributed by atoms with E-state index < -0.39 is 6.04 Å². The molecule has 0 aliphatic heterocycles. The zero-order valence-electron chi connectivity index (χ0n) is 11.9. The Morgan fingerprint density at radius 2 is 1.91 bits per heavy atom. The summed E-state index contributed by atoms with van der Waals surface area (Å²) in [6.45, 7) is 0. The van der Waals surface area contributed by atoms with E-state index in [0.717, 1.165) is 5.56 Å². The number of rotatable bonds is 4. The van der Waals surface area contributed by atoms with Crippen LogP contribution in [0.1, 0.15) is 27.7 Å². The van der Waals surface area contributed by atoms with E-state index in [4.69, 9.17) is 27.6 Å². The van der Waals surface area contributed by atoms with Gasteiger partial charge in [0, 0.05) is 6.20 Å². The standard InChI is InChI=1S/C17H12Cl2N2O2/c18-13-9-12(10-20-16(13)19)17(22)21-15(14-7-4-8-23-14)11-5-2-1-3-6-11/h1-10,15H,(H,21,22). The first-order chi connectivity index (χ1) is 11.1. The molecule has 0 aliphatic carbocycles. The molecule has 1 amide bonds. The van der Waals surface area contributed by atoms with Gasteiger partial charge < -0.3 is 9.73 Å². The lowest BCUT2D eigenvalue weighted by molar-refractivity contribution is 0.0938. The largest absolute Gasteiger partial charge is 0.467 e. The van der Waals surface area contributed by atoms with Gasteiger partial charge >= 0.3 is 0 Å². The fourth-order valence-corrected chi connectivity index (χ4v) is 2.45. The number of hydrogen-bond donors (Lipinski definition) is 1. The molecule has 0 saturated carbocycles. The minimum atomic E-state index is -0.409. The third-order valence-electron chi connectivity index (χ3n) is 3.29. The van der Waals surface area contributed by atoms with Crippen LogP contribution in [0.3, 0.4) is 0 Å². The van der Waals surface area contributed by atoms with Crippen molar-refractivity contribution in [3.05, 3.63) is 88.1 Å². The molecule has 0 radical (unpaired) electrons. The van der Waals surface area contributed by atoms with Crippen LogP contribution < -0.4 is 5.32 Å². The number of halogens is 2. The van der Waals surface area contributed by atoms with Crippen LogP contribution in [0.25, 0.3) is 0 Å². The van der Waals surface area contributed by atoms with Gasteiger partial charge in [-0.15, -0.1) is 0 Å². The normalized spacial score (nSPS) is 11.9. The van der Waals surface area contributed by atoms with Gasteiger partial charge in [0.25, 0.3) is 5.91 Å². The number of hydrogen-bond acceptors (Lipinski definition) is 3. The maximum atomic E-state index is 12.5. The van der Waals surface area contributed by atoms with E-state index in [-0.39, 0.29) is 16.1 Å². The number of nitrogens with zero attached hydrogens (tertiary/aromatic N) is 1. The quantitative estimate of drug-likeness (QED) is 0.707. The highest BCUT2D eigenvalue weighted by atomic mass is 35.5. The van der Waals surface area contributed by atoms with E-state index in [1.54, 1.807) is 12.3 Å². The van der Waals surface area contributed by atoms with Gasteiger partial charge in [0.05, 0.1) is 16.8 Å². The molecular formula is C17H12Cl2N2O2. The molecule has 0 aliphatic rings. The minimum Gasteiger partial charge on any atom is -0.467 e. The fraction of sp³-hybridized carbons (Fsp3) is 0.0588. The second-order valence-electron chi connectivity index (χ2n) is 4.83. The summed E-state index contributed by atoms with van der Waals surface area (Å²) in [5.41, 5.74) is 1.23.